The fraction of sp³-hybridized carbons (Fsp3) is 0.222. The molecule has 3 aromatic rings. The van der Waals surface area contributed by atoms with Crippen LogP contribution in [0, 0.1) is 5.82 Å². The first kappa shape index (κ1) is 15.4. The van der Waals surface area contributed by atoms with Crippen LogP contribution >= 0.6 is 0 Å². The van der Waals surface area contributed by atoms with Gasteiger partial charge >= 0.3 is 0 Å². The average Bonchev–Trinajstić information content (AvgIpc) is 3.33. The second kappa shape index (κ2) is 6.43. The lowest BCUT2D eigenvalue weighted by molar-refractivity contribution is 0.0728. The van der Waals surface area contributed by atoms with Crippen molar-refractivity contribution in [1.29, 1.82) is 0 Å². The van der Waals surface area contributed by atoms with Crippen molar-refractivity contribution in [2.45, 2.75) is 25.4 Å². The lowest BCUT2D eigenvalue weighted by atomic mass is 10.1. The van der Waals surface area contributed by atoms with Gasteiger partial charge in [-0.1, -0.05) is 24.3 Å². The first-order valence-corrected chi connectivity index (χ1v) is 8.10. The minimum atomic E-state index is -0.289. The molecule has 7 heteroatoms. The van der Waals surface area contributed by atoms with E-state index in [1.807, 2.05) is 6.07 Å². The Morgan fingerprint density at radius 2 is 2.04 bits per heavy atom. The van der Waals surface area contributed by atoms with Crippen LogP contribution in [0.25, 0.3) is 5.69 Å². The van der Waals surface area contributed by atoms with Crippen molar-refractivity contribution in [3.05, 3.63) is 71.8 Å². The lowest BCUT2D eigenvalue weighted by Crippen LogP contribution is -2.33. The largest absolute Gasteiger partial charge is 0.331 e. The number of benzene rings is 2. The van der Waals surface area contributed by atoms with E-state index in [0.29, 0.717) is 16.8 Å². The fourth-order valence-electron chi connectivity index (χ4n) is 2.79. The topological polar surface area (TPSA) is 63.9 Å². The van der Waals surface area contributed by atoms with E-state index in [4.69, 9.17) is 0 Å². The third-order valence-electron chi connectivity index (χ3n) is 4.25. The zero-order chi connectivity index (χ0) is 17.2. The first-order chi connectivity index (χ1) is 12.2. The van der Waals surface area contributed by atoms with E-state index in [1.165, 1.54) is 17.1 Å². The number of hydrogen-bond acceptors (Lipinski definition) is 4. The number of aromatic nitrogens is 4. The van der Waals surface area contributed by atoms with Crippen molar-refractivity contribution >= 4 is 5.91 Å². The summed E-state index contributed by atoms with van der Waals surface area (Å²) in [6.45, 7) is 0.269. The maximum absolute atomic E-state index is 14.0. The molecule has 1 aromatic heterocycles. The molecule has 126 valence electrons. The van der Waals surface area contributed by atoms with Crippen LogP contribution in [0.1, 0.15) is 28.8 Å². The number of rotatable bonds is 5. The van der Waals surface area contributed by atoms with Crippen LogP contribution in [-0.4, -0.2) is 37.1 Å². The number of nitrogens with zero attached hydrogens (tertiary/aromatic N) is 5. The van der Waals surface area contributed by atoms with Crippen LogP contribution in [0.3, 0.4) is 0 Å². The number of amides is 1. The summed E-state index contributed by atoms with van der Waals surface area (Å²) in [4.78, 5) is 14.8. The van der Waals surface area contributed by atoms with Gasteiger partial charge in [0.1, 0.15) is 12.1 Å². The Bertz CT molecular complexity index is 892. The summed E-state index contributed by atoms with van der Waals surface area (Å²) in [6.07, 6.45) is 3.38. The number of carbonyl (C=O) groups is 1. The number of hydrogen-bond donors (Lipinski definition) is 0. The van der Waals surface area contributed by atoms with E-state index in [9.17, 15) is 9.18 Å². The van der Waals surface area contributed by atoms with Gasteiger partial charge in [-0.15, -0.1) is 5.10 Å². The van der Waals surface area contributed by atoms with Gasteiger partial charge in [-0.05, 0) is 47.5 Å². The van der Waals surface area contributed by atoms with Crippen LogP contribution in [0.15, 0.2) is 54.9 Å². The molecule has 1 amide bonds. The van der Waals surface area contributed by atoms with Gasteiger partial charge in [0.2, 0.25) is 0 Å². The molecule has 0 spiro atoms. The molecule has 0 aliphatic heterocycles. The van der Waals surface area contributed by atoms with Crippen LogP contribution < -0.4 is 0 Å². The minimum Gasteiger partial charge on any atom is -0.331 e. The molecule has 25 heavy (non-hydrogen) atoms. The van der Waals surface area contributed by atoms with Gasteiger partial charge in [-0.25, -0.2) is 9.07 Å². The molecule has 0 atom stereocenters. The quantitative estimate of drug-likeness (QED) is 0.718. The van der Waals surface area contributed by atoms with Crippen LogP contribution in [0.2, 0.25) is 0 Å². The molecule has 0 bridgehead atoms. The molecular weight excluding hydrogens is 321 g/mol. The highest BCUT2D eigenvalue weighted by molar-refractivity contribution is 5.95. The highest BCUT2D eigenvalue weighted by atomic mass is 19.1. The standard InChI is InChI=1S/C18H16FN5O/c19-17-7-2-1-4-14(17)11-23(15-8-9-15)18(25)13-5-3-6-16(10-13)24-12-20-21-22-24/h1-7,10,12,15H,8-9,11H2. The third kappa shape index (κ3) is 3.26. The van der Waals surface area contributed by atoms with Crippen molar-refractivity contribution in [2.24, 2.45) is 0 Å². The van der Waals surface area contributed by atoms with Gasteiger partial charge in [0.15, 0.2) is 0 Å². The number of halogens is 1. The maximum atomic E-state index is 14.0. The Labute approximate surface area is 143 Å². The van der Waals surface area contributed by atoms with Gasteiger partial charge in [-0.3, -0.25) is 4.79 Å². The predicted molar refractivity (Wildman–Crippen MR) is 88.4 cm³/mol. The Hall–Kier alpha value is -3.09. The summed E-state index contributed by atoms with van der Waals surface area (Å²) < 4.78 is 15.5. The van der Waals surface area contributed by atoms with E-state index in [-0.39, 0.29) is 24.3 Å². The predicted octanol–water partition coefficient (Wildman–Crippen LogP) is 2.61. The maximum Gasteiger partial charge on any atom is 0.254 e. The van der Waals surface area contributed by atoms with E-state index in [0.717, 1.165) is 12.8 Å². The van der Waals surface area contributed by atoms with E-state index in [1.54, 1.807) is 41.3 Å². The second-order valence-corrected chi connectivity index (χ2v) is 6.06. The summed E-state index contributed by atoms with van der Waals surface area (Å²) in [6, 6.07) is 13.9. The molecule has 4 rings (SSSR count). The zero-order valence-electron chi connectivity index (χ0n) is 13.4. The minimum absolute atomic E-state index is 0.110. The third-order valence-corrected chi connectivity index (χ3v) is 4.25. The van der Waals surface area contributed by atoms with E-state index in [2.05, 4.69) is 15.5 Å². The monoisotopic (exact) mass is 337 g/mol. The summed E-state index contributed by atoms with van der Waals surface area (Å²) in [7, 11) is 0. The molecule has 1 saturated carbocycles. The molecule has 0 N–H and O–H groups in total. The lowest BCUT2D eigenvalue weighted by Gasteiger charge is -2.23. The fourth-order valence-corrected chi connectivity index (χ4v) is 2.79. The van der Waals surface area contributed by atoms with Gasteiger partial charge in [0.05, 0.1) is 5.69 Å². The Morgan fingerprint density at radius 1 is 1.20 bits per heavy atom. The first-order valence-electron chi connectivity index (χ1n) is 8.10. The normalized spacial score (nSPS) is 13.6. The van der Waals surface area contributed by atoms with Crippen molar-refractivity contribution < 1.29 is 9.18 Å². The van der Waals surface area contributed by atoms with Crippen molar-refractivity contribution in [2.75, 3.05) is 0 Å². The van der Waals surface area contributed by atoms with Crippen LogP contribution in [0.5, 0.6) is 0 Å². The summed E-state index contributed by atoms with van der Waals surface area (Å²) in [5.41, 5.74) is 1.77. The number of tetrazole rings is 1. The zero-order valence-corrected chi connectivity index (χ0v) is 13.4. The highest BCUT2D eigenvalue weighted by Gasteiger charge is 2.33. The van der Waals surface area contributed by atoms with Gasteiger partial charge in [0, 0.05) is 23.7 Å². The Morgan fingerprint density at radius 3 is 2.76 bits per heavy atom. The molecule has 1 aliphatic carbocycles. The van der Waals surface area contributed by atoms with Crippen LogP contribution in [-0.2, 0) is 6.54 Å². The summed E-state index contributed by atoms with van der Waals surface area (Å²) in [5, 5.41) is 11.1. The Balaban J connectivity index is 1.61. The van der Waals surface area contributed by atoms with Gasteiger partial charge in [0.25, 0.3) is 5.91 Å². The molecule has 6 nitrogen and oxygen atoms in total. The Kier molecular flexibility index (Phi) is 3.97. The van der Waals surface area contributed by atoms with E-state index >= 15 is 0 Å². The molecule has 0 saturated heterocycles. The van der Waals surface area contributed by atoms with Crippen molar-refractivity contribution in [3.8, 4) is 5.69 Å². The molecule has 1 fully saturated rings. The molecular formula is C18H16FN5O. The second-order valence-electron chi connectivity index (χ2n) is 6.06. The van der Waals surface area contributed by atoms with E-state index < -0.39 is 0 Å². The average molecular weight is 337 g/mol. The van der Waals surface area contributed by atoms with Gasteiger partial charge in [-0.2, -0.15) is 0 Å². The molecule has 0 unspecified atom stereocenters. The van der Waals surface area contributed by atoms with Crippen molar-refractivity contribution in [1.82, 2.24) is 25.1 Å². The summed E-state index contributed by atoms with van der Waals surface area (Å²) >= 11 is 0. The highest BCUT2D eigenvalue weighted by Crippen LogP contribution is 2.30. The SMILES string of the molecule is O=C(c1cccc(-n2cnnn2)c1)N(Cc1ccccc1F)C1CC1. The number of carbonyl (C=O) groups excluding carboxylic acids is 1. The van der Waals surface area contributed by atoms with Gasteiger partial charge < -0.3 is 4.90 Å². The van der Waals surface area contributed by atoms with Crippen LogP contribution in [0.4, 0.5) is 4.39 Å². The molecule has 1 heterocycles. The molecule has 2 aromatic carbocycles. The smallest absolute Gasteiger partial charge is 0.254 e. The summed E-state index contributed by atoms with van der Waals surface area (Å²) in [5.74, 6) is -0.399. The van der Waals surface area contributed by atoms with Crippen molar-refractivity contribution in [3.63, 3.8) is 0 Å². The molecule has 1 aliphatic rings. The molecule has 0 radical (unpaired) electrons.